The molecule has 0 saturated carbocycles. The van der Waals surface area contributed by atoms with E-state index in [4.69, 9.17) is 0 Å². The van der Waals surface area contributed by atoms with Gasteiger partial charge in [-0.25, -0.2) is 18.7 Å². The van der Waals surface area contributed by atoms with E-state index in [9.17, 15) is 8.78 Å². The van der Waals surface area contributed by atoms with Crippen molar-refractivity contribution in [3.63, 3.8) is 0 Å². The molecule has 3 rings (SSSR count). The average Bonchev–Trinajstić information content (AvgIpc) is 3.14. The third kappa shape index (κ3) is 4.68. The molecule has 0 aliphatic heterocycles. The molecule has 30 heavy (non-hydrogen) atoms. The van der Waals surface area contributed by atoms with Crippen LogP contribution in [0.4, 0.5) is 8.78 Å². The van der Waals surface area contributed by atoms with Crippen LogP contribution >= 0.6 is 0 Å². The van der Waals surface area contributed by atoms with Gasteiger partial charge in [-0.1, -0.05) is 30.9 Å². The Morgan fingerprint density at radius 3 is 2.63 bits per heavy atom. The Kier molecular flexibility index (Phi) is 6.51. The number of allylic oxidation sites excluding steroid dienone is 4. The van der Waals surface area contributed by atoms with Crippen LogP contribution in [0.1, 0.15) is 28.4 Å². The van der Waals surface area contributed by atoms with Gasteiger partial charge < -0.3 is 4.90 Å². The van der Waals surface area contributed by atoms with Gasteiger partial charge in [-0.3, -0.25) is 4.68 Å². The lowest BCUT2D eigenvalue weighted by Crippen LogP contribution is -2.20. The number of benzene rings is 1. The van der Waals surface area contributed by atoms with E-state index in [1.54, 1.807) is 48.3 Å². The lowest BCUT2D eigenvalue weighted by molar-refractivity contribution is 0.383. The minimum atomic E-state index is -0.526. The number of rotatable bonds is 7. The first-order chi connectivity index (χ1) is 14.4. The predicted molar refractivity (Wildman–Crippen MR) is 113 cm³/mol. The Labute approximate surface area is 174 Å². The number of nitrogens with zero attached hydrogens (tertiary/aromatic N) is 5. The van der Waals surface area contributed by atoms with Crippen molar-refractivity contribution in [2.75, 3.05) is 7.05 Å². The highest BCUT2D eigenvalue weighted by molar-refractivity contribution is 5.72. The standard InChI is InChI=1S/C23H23F2N5/c1-5-6-17(22-21(25)13-26-15-27-22)9-10-29(3)23(19-12-28-30(4)14-19)18-8-7-16(2)20(24)11-18/h5-15,23H,1H2,2-4H3/b10-9-,17-6+. The summed E-state index contributed by atoms with van der Waals surface area (Å²) >= 11 is 0. The molecule has 0 spiro atoms. The van der Waals surface area contributed by atoms with E-state index in [-0.39, 0.29) is 17.6 Å². The highest BCUT2D eigenvalue weighted by Crippen LogP contribution is 2.29. The summed E-state index contributed by atoms with van der Waals surface area (Å²) in [6.45, 7) is 5.42. The Balaban J connectivity index is 1.99. The van der Waals surface area contributed by atoms with Gasteiger partial charge in [0.15, 0.2) is 5.82 Å². The zero-order chi connectivity index (χ0) is 21.7. The molecule has 0 bridgehead atoms. The molecule has 154 valence electrons. The summed E-state index contributed by atoms with van der Waals surface area (Å²) in [6, 6.07) is 4.89. The van der Waals surface area contributed by atoms with Crippen molar-refractivity contribution in [1.29, 1.82) is 0 Å². The van der Waals surface area contributed by atoms with Crippen LogP contribution in [-0.4, -0.2) is 31.7 Å². The van der Waals surface area contributed by atoms with Crippen molar-refractivity contribution in [3.05, 3.63) is 108 Å². The Morgan fingerprint density at radius 1 is 1.20 bits per heavy atom. The Morgan fingerprint density at radius 2 is 2.00 bits per heavy atom. The molecule has 2 heterocycles. The third-order valence-corrected chi connectivity index (χ3v) is 4.69. The molecule has 0 N–H and O–H groups in total. The quantitative estimate of drug-likeness (QED) is 0.537. The summed E-state index contributed by atoms with van der Waals surface area (Å²) < 4.78 is 30.1. The zero-order valence-corrected chi connectivity index (χ0v) is 17.1. The van der Waals surface area contributed by atoms with Crippen LogP contribution in [-0.2, 0) is 7.05 Å². The van der Waals surface area contributed by atoms with Crippen molar-refractivity contribution in [2.24, 2.45) is 7.05 Å². The van der Waals surface area contributed by atoms with Gasteiger partial charge in [-0.05, 0) is 30.2 Å². The molecule has 0 amide bonds. The molecule has 7 heteroatoms. The fraction of sp³-hybridized carbons (Fsp3) is 0.174. The van der Waals surface area contributed by atoms with E-state index in [1.807, 2.05) is 31.3 Å². The number of hydrogen-bond donors (Lipinski definition) is 0. The molecule has 0 fully saturated rings. The van der Waals surface area contributed by atoms with Crippen LogP contribution in [0.3, 0.4) is 0 Å². The molecule has 1 aromatic carbocycles. The zero-order valence-electron chi connectivity index (χ0n) is 17.1. The van der Waals surface area contributed by atoms with E-state index < -0.39 is 5.82 Å². The number of aryl methyl sites for hydroxylation is 2. The predicted octanol–water partition coefficient (Wildman–Crippen LogP) is 4.60. The second-order valence-corrected chi connectivity index (χ2v) is 6.92. The van der Waals surface area contributed by atoms with Gasteiger partial charge in [-0.15, -0.1) is 0 Å². The van der Waals surface area contributed by atoms with Crippen LogP contribution in [0, 0.1) is 18.6 Å². The van der Waals surface area contributed by atoms with E-state index >= 15 is 0 Å². The molecule has 0 saturated heterocycles. The summed E-state index contributed by atoms with van der Waals surface area (Å²) in [5, 5.41) is 4.25. The minimum Gasteiger partial charge on any atom is -0.369 e. The number of hydrogen-bond acceptors (Lipinski definition) is 4. The fourth-order valence-electron chi connectivity index (χ4n) is 3.17. The van der Waals surface area contributed by atoms with Gasteiger partial charge in [0.2, 0.25) is 0 Å². The number of halogens is 2. The van der Waals surface area contributed by atoms with Gasteiger partial charge in [0.05, 0.1) is 18.4 Å². The fourth-order valence-corrected chi connectivity index (χ4v) is 3.17. The molecule has 3 aromatic rings. The molecular formula is C23H23F2N5. The highest BCUT2D eigenvalue weighted by atomic mass is 19.1. The maximum atomic E-state index is 14.3. The van der Waals surface area contributed by atoms with Gasteiger partial charge in [0, 0.05) is 37.6 Å². The molecular weight excluding hydrogens is 384 g/mol. The van der Waals surface area contributed by atoms with Crippen LogP contribution in [0.2, 0.25) is 0 Å². The lowest BCUT2D eigenvalue weighted by Gasteiger charge is -2.27. The SMILES string of the molecule is C=C/C=C(\C=C/N(C)C(c1ccc(C)c(F)c1)c1cnn(C)c1)c1ncncc1F. The maximum absolute atomic E-state index is 14.3. The van der Waals surface area contributed by atoms with E-state index in [0.29, 0.717) is 11.1 Å². The average molecular weight is 407 g/mol. The van der Waals surface area contributed by atoms with E-state index in [0.717, 1.165) is 17.3 Å². The third-order valence-electron chi connectivity index (χ3n) is 4.69. The molecule has 1 unspecified atom stereocenters. The van der Waals surface area contributed by atoms with Crippen molar-refractivity contribution < 1.29 is 8.78 Å². The number of aromatic nitrogens is 4. The van der Waals surface area contributed by atoms with Gasteiger partial charge in [0.25, 0.3) is 0 Å². The Bertz CT molecular complexity index is 1100. The smallest absolute Gasteiger partial charge is 0.167 e. The molecule has 5 nitrogen and oxygen atoms in total. The van der Waals surface area contributed by atoms with E-state index in [1.165, 1.54) is 12.4 Å². The summed E-state index contributed by atoms with van der Waals surface area (Å²) in [5.41, 5.74) is 2.97. The van der Waals surface area contributed by atoms with Crippen molar-refractivity contribution in [1.82, 2.24) is 24.6 Å². The van der Waals surface area contributed by atoms with Crippen LogP contribution in [0.5, 0.6) is 0 Å². The van der Waals surface area contributed by atoms with Crippen LogP contribution in [0.15, 0.2) is 74.1 Å². The van der Waals surface area contributed by atoms with Gasteiger partial charge in [-0.2, -0.15) is 5.10 Å². The second-order valence-electron chi connectivity index (χ2n) is 6.92. The van der Waals surface area contributed by atoms with E-state index in [2.05, 4.69) is 21.6 Å². The van der Waals surface area contributed by atoms with Gasteiger partial charge >= 0.3 is 0 Å². The van der Waals surface area contributed by atoms with Crippen LogP contribution in [0.25, 0.3) is 5.57 Å². The summed E-state index contributed by atoms with van der Waals surface area (Å²) in [5.74, 6) is -0.795. The molecule has 1 atom stereocenters. The van der Waals surface area contributed by atoms with Gasteiger partial charge in [0.1, 0.15) is 17.8 Å². The van der Waals surface area contributed by atoms with Crippen LogP contribution < -0.4 is 0 Å². The molecule has 0 aliphatic rings. The maximum Gasteiger partial charge on any atom is 0.167 e. The van der Waals surface area contributed by atoms with Crippen molar-refractivity contribution in [3.8, 4) is 0 Å². The first-order valence-corrected chi connectivity index (χ1v) is 9.34. The first-order valence-electron chi connectivity index (χ1n) is 9.34. The Hall–Kier alpha value is -3.61. The largest absolute Gasteiger partial charge is 0.369 e. The monoisotopic (exact) mass is 407 g/mol. The minimum absolute atomic E-state index is 0.175. The topological polar surface area (TPSA) is 46.8 Å². The highest BCUT2D eigenvalue weighted by Gasteiger charge is 2.20. The second kappa shape index (κ2) is 9.26. The summed E-state index contributed by atoms with van der Waals surface area (Å²) in [4.78, 5) is 9.63. The van der Waals surface area contributed by atoms with Crippen molar-refractivity contribution in [2.45, 2.75) is 13.0 Å². The molecule has 0 aliphatic carbocycles. The molecule has 2 aromatic heterocycles. The lowest BCUT2D eigenvalue weighted by atomic mass is 9.99. The summed E-state index contributed by atoms with van der Waals surface area (Å²) in [7, 11) is 3.70. The molecule has 0 radical (unpaired) electrons. The first kappa shape index (κ1) is 21.1. The summed E-state index contributed by atoms with van der Waals surface area (Å²) in [6.07, 6.45) is 12.8. The van der Waals surface area contributed by atoms with Crippen molar-refractivity contribution >= 4 is 5.57 Å². The normalized spacial score (nSPS) is 12.9.